The van der Waals surface area contributed by atoms with Crippen LogP contribution in [0.4, 0.5) is 10.5 Å². The number of phenols is 1. The SMILES string of the molecule is C=CCOC(=O)Nc1cc(O)cc(C(=O)O)c1Cl. The van der Waals surface area contributed by atoms with Crippen LogP contribution in [0.1, 0.15) is 10.4 Å². The van der Waals surface area contributed by atoms with Crippen LogP contribution in [0, 0.1) is 0 Å². The number of rotatable bonds is 4. The van der Waals surface area contributed by atoms with Gasteiger partial charge in [-0.3, -0.25) is 5.32 Å². The average molecular weight is 272 g/mol. The van der Waals surface area contributed by atoms with E-state index >= 15 is 0 Å². The molecule has 0 aliphatic rings. The zero-order chi connectivity index (χ0) is 13.7. The molecule has 0 saturated heterocycles. The minimum atomic E-state index is -1.32. The Hall–Kier alpha value is -2.21. The van der Waals surface area contributed by atoms with E-state index in [4.69, 9.17) is 16.7 Å². The van der Waals surface area contributed by atoms with Crippen molar-refractivity contribution < 1.29 is 24.5 Å². The number of halogens is 1. The largest absolute Gasteiger partial charge is 0.508 e. The Labute approximate surface area is 107 Å². The van der Waals surface area contributed by atoms with Gasteiger partial charge in [-0.05, 0) is 6.07 Å². The third-order valence-electron chi connectivity index (χ3n) is 1.86. The minimum Gasteiger partial charge on any atom is -0.508 e. The predicted molar refractivity (Wildman–Crippen MR) is 65.2 cm³/mol. The van der Waals surface area contributed by atoms with Crippen LogP contribution in [-0.4, -0.2) is 28.9 Å². The molecule has 1 aromatic rings. The summed E-state index contributed by atoms with van der Waals surface area (Å²) < 4.78 is 4.63. The first-order valence-corrected chi connectivity index (χ1v) is 5.14. The van der Waals surface area contributed by atoms with Gasteiger partial charge in [0.1, 0.15) is 12.4 Å². The number of benzene rings is 1. The van der Waals surface area contributed by atoms with Crippen LogP contribution >= 0.6 is 11.6 Å². The number of nitrogens with one attached hydrogen (secondary N) is 1. The number of hydrogen-bond donors (Lipinski definition) is 3. The van der Waals surface area contributed by atoms with Crippen molar-refractivity contribution in [1.82, 2.24) is 0 Å². The van der Waals surface area contributed by atoms with Gasteiger partial charge in [0, 0.05) is 6.07 Å². The van der Waals surface area contributed by atoms with Gasteiger partial charge in [0.05, 0.1) is 16.3 Å². The molecule has 0 aromatic heterocycles. The maximum atomic E-state index is 11.2. The normalized spacial score (nSPS) is 9.61. The number of carbonyl (C=O) groups excluding carboxylic acids is 1. The summed E-state index contributed by atoms with van der Waals surface area (Å²) >= 11 is 5.77. The van der Waals surface area contributed by atoms with Crippen molar-refractivity contribution in [2.24, 2.45) is 0 Å². The van der Waals surface area contributed by atoms with E-state index in [1.807, 2.05) is 0 Å². The van der Waals surface area contributed by atoms with Gasteiger partial charge in [-0.25, -0.2) is 9.59 Å². The molecule has 0 unspecified atom stereocenters. The second-order valence-electron chi connectivity index (χ2n) is 3.17. The van der Waals surface area contributed by atoms with E-state index in [9.17, 15) is 14.7 Å². The van der Waals surface area contributed by atoms with Crippen LogP contribution in [0.3, 0.4) is 0 Å². The van der Waals surface area contributed by atoms with Crippen molar-refractivity contribution in [2.75, 3.05) is 11.9 Å². The number of carboxylic acid groups (broad SMARTS) is 1. The van der Waals surface area contributed by atoms with Crippen molar-refractivity contribution in [3.63, 3.8) is 0 Å². The number of ether oxygens (including phenoxy) is 1. The lowest BCUT2D eigenvalue weighted by Gasteiger charge is -2.09. The molecule has 0 fully saturated rings. The lowest BCUT2D eigenvalue weighted by atomic mass is 10.2. The summed E-state index contributed by atoms with van der Waals surface area (Å²) in [6, 6.07) is 2.09. The molecular weight excluding hydrogens is 262 g/mol. The lowest BCUT2D eigenvalue weighted by molar-refractivity contribution is 0.0696. The molecule has 7 heteroatoms. The van der Waals surface area contributed by atoms with E-state index in [0.717, 1.165) is 12.1 Å². The topological polar surface area (TPSA) is 95.9 Å². The number of phenolic OH excluding ortho intramolecular Hbond substituents is 1. The number of aromatic hydroxyl groups is 1. The van der Waals surface area contributed by atoms with E-state index < -0.39 is 12.1 Å². The highest BCUT2D eigenvalue weighted by atomic mass is 35.5. The molecule has 0 spiro atoms. The fraction of sp³-hybridized carbons (Fsp3) is 0.0909. The molecule has 3 N–H and O–H groups in total. The molecule has 0 bridgehead atoms. The van der Waals surface area contributed by atoms with Crippen molar-refractivity contribution in [3.05, 3.63) is 35.4 Å². The summed E-state index contributed by atoms with van der Waals surface area (Å²) in [5.41, 5.74) is -0.376. The van der Waals surface area contributed by atoms with Crippen molar-refractivity contribution in [3.8, 4) is 5.75 Å². The number of hydrogen-bond acceptors (Lipinski definition) is 4. The number of aromatic carboxylic acids is 1. The molecule has 0 aliphatic heterocycles. The van der Waals surface area contributed by atoms with Crippen LogP contribution < -0.4 is 5.32 Å². The maximum absolute atomic E-state index is 11.2. The number of amides is 1. The summed E-state index contributed by atoms with van der Waals surface area (Å²) in [4.78, 5) is 22.1. The number of carboxylic acids is 1. The Bertz CT molecular complexity index is 500. The summed E-state index contributed by atoms with van der Waals surface area (Å²) in [6.45, 7) is 3.35. The molecular formula is C11H10ClNO5. The van der Waals surface area contributed by atoms with E-state index in [-0.39, 0.29) is 28.6 Å². The molecule has 1 amide bonds. The minimum absolute atomic E-state index is 0.00590. The van der Waals surface area contributed by atoms with Crippen LogP contribution in [0.5, 0.6) is 5.75 Å². The van der Waals surface area contributed by atoms with Crippen molar-refractivity contribution >= 4 is 29.4 Å². The maximum Gasteiger partial charge on any atom is 0.411 e. The third-order valence-corrected chi connectivity index (χ3v) is 2.26. The Balaban J connectivity index is 2.98. The first-order valence-electron chi connectivity index (χ1n) is 4.76. The zero-order valence-corrected chi connectivity index (χ0v) is 9.90. The van der Waals surface area contributed by atoms with Crippen LogP contribution in [0.25, 0.3) is 0 Å². The smallest absolute Gasteiger partial charge is 0.411 e. The second kappa shape index (κ2) is 5.92. The molecule has 1 aromatic carbocycles. The van der Waals surface area contributed by atoms with Gasteiger partial charge >= 0.3 is 12.1 Å². The van der Waals surface area contributed by atoms with Crippen LogP contribution in [-0.2, 0) is 4.74 Å². The summed E-state index contributed by atoms with van der Waals surface area (Å²) in [5.74, 6) is -1.66. The zero-order valence-electron chi connectivity index (χ0n) is 9.14. The Morgan fingerprint density at radius 1 is 1.50 bits per heavy atom. The quantitative estimate of drug-likeness (QED) is 0.731. The molecule has 6 nitrogen and oxygen atoms in total. The monoisotopic (exact) mass is 271 g/mol. The van der Waals surface area contributed by atoms with Gasteiger partial charge in [-0.1, -0.05) is 24.3 Å². The summed E-state index contributed by atoms with van der Waals surface area (Å²) in [6.07, 6.45) is 0.533. The average Bonchev–Trinajstić information content (AvgIpc) is 2.30. The standard InChI is InChI=1S/C11H10ClNO5/c1-2-3-18-11(17)13-8-5-6(14)4-7(9(8)12)10(15)16/h2,4-5,14H,1,3H2,(H,13,17)(H,15,16). The molecule has 1 rings (SSSR count). The Morgan fingerprint density at radius 3 is 2.72 bits per heavy atom. The first-order chi connectivity index (χ1) is 8.45. The number of carbonyl (C=O) groups is 2. The summed E-state index contributed by atoms with van der Waals surface area (Å²) in [5, 5.41) is 20.2. The van der Waals surface area contributed by atoms with Gasteiger partial charge in [0.2, 0.25) is 0 Å². The predicted octanol–water partition coefficient (Wildman–Crippen LogP) is 2.48. The molecule has 0 saturated carbocycles. The van der Waals surface area contributed by atoms with E-state index in [2.05, 4.69) is 16.6 Å². The van der Waals surface area contributed by atoms with E-state index in [0.29, 0.717) is 0 Å². The van der Waals surface area contributed by atoms with Crippen molar-refractivity contribution in [2.45, 2.75) is 0 Å². The highest BCUT2D eigenvalue weighted by molar-refractivity contribution is 6.36. The van der Waals surface area contributed by atoms with Crippen LogP contribution in [0.15, 0.2) is 24.8 Å². The van der Waals surface area contributed by atoms with Gasteiger partial charge < -0.3 is 14.9 Å². The molecule has 0 aliphatic carbocycles. The summed E-state index contributed by atoms with van der Waals surface area (Å²) in [7, 11) is 0. The lowest BCUT2D eigenvalue weighted by Crippen LogP contribution is -2.14. The van der Waals surface area contributed by atoms with Crippen LogP contribution in [0.2, 0.25) is 5.02 Å². The second-order valence-corrected chi connectivity index (χ2v) is 3.55. The van der Waals surface area contributed by atoms with E-state index in [1.54, 1.807) is 0 Å². The van der Waals surface area contributed by atoms with Gasteiger partial charge in [-0.15, -0.1) is 0 Å². The number of anilines is 1. The molecule has 0 radical (unpaired) electrons. The fourth-order valence-electron chi connectivity index (χ4n) is 1.14. The van der Waals surface area contributed by atoms with Crippen molar-refractivity contribution in [1.29, 1.82) is 0 Å². The van der Waals surface area contributed by atoms with Gasteiger partial charge in [0.25, 0.3) is 0 Å². The third kappa shape index (κ3) is 3.39. The Morgan fingerprint density at radius 2 is 2.17 bits per heavy atom. The van der Waals surface area contributed by atoms with E-state index in [1.165, 1.54) is 6.08 Å². The first kappa shape index (κ1) is 13.9. The van der Waals surface area contributed by atoms with Gasteiger partial charge in [0.15, 0.2) is 0 Å². The Kier molecular flexibility index (Phi) is 4.56. The highest BCUT2D eigenvalue weighted by Gasteiger charge is 2.16. The molecule has 0 heterocycles. The highest BCUT2D eigenvalue weighted by Crippen LogP contribution is 2.30. The fourth-order valence-corrected chi connectivity index (χ4v) is 1.37. The molecule has 18 heavy (non-hydrogen) atoms. The molecule has 0 atom stereocenters. The molecule has 96 valence electrons. The van der Waals surface area contributed by atoms with Gasteiger partial charge in [-0.2, -0.15) is 0 Å².